The van der Waals surface area contributed by atoms with Gasteiger partial charge in [-0.25, -0.2) is 19.5 Å². The molecule has 3 heterocycles. The molecule has 1 unspecified atom stereocenters. The quantitative estimate of drug-likeness (QED) is 0.217. The summed E-state index contributed by atoms with van der Waals surface area (Å²) in [5.41, 5.74) is 0.900. The summed E-state index contributed by atoms with van der Waals surface area (Å²) in [6.45, 7) is 5.21. The fourth-order valence-electron chi connectivity index (χ4n) is 3.54. The molecule has 1 aromatic carbocycles. The number of allylic oxidation sites excluding steroid dienone is 2. The summed E-state index contributed by atoms with van der Waals surface area (Å²) in [4.78, 5) is 33.7. The predicted octanol–water partition coefficient (Wildman–Crippen LogP) is 5.72. The Morgan fingerprint density at radius 2 is 2.24 bits per heavy atom. The van der Waals surface area contributed by atoms with E-state index in [0.717, 1.165) is 17.5 Å². The molecule has 1 aliphatic rings. The summed E-state index contributed by atoms with van der Waals surface area (Å²) in [6, 6.07) is 6.75. The van der Waals surface area contributed by atoms with Gasteiger partial charge in [-0.1, -0.05) is 23.5 Å². The molecule has 2 aromatic heterocycles. The van der Waals surface area contributed by atoms with Crippen molar-refractivity contribution in [3.63, 3.8) is 0 Å². The van der Waals surface area contributed by atoms with Gasteiger partial charge in [-0.2, -0.15) is 0 Å². The second-order valence-corrected chi connectivity index (χ2v) is 8.75. The Balaban J connectivity index is 1.60. The minimum absolute atomic E-state index is 0.0863. The van der Waals surface area contributed by atoms with Crippen LogP contribution in [-0.2, 0) is 4.74 Å². The fourth-order valence-corrected chi connectivity index (χ4v) is 4.68. The van der Waals surface area contributed by atoms with Crippen molar-refractivity contribution in [2.24, 2.45) is 0 Å². The number of urea groups is 1. The highest BCUT2D eigenvalue weighted by Crippen LogP contribution is 2.35. The topological polar surface area (TPSA) is 85.1 Å². The summed E-state index contributed by atoms with van der Waals surface area (Å²) in [5, 5.41) is 0.547. The van der Waals surface area contributed by atoms with Gasteiger partial charge in [0.1, 0.15) is 12.0 Å². The molecule has 0 bridgehead atoms. The Kier molecular flexibility index (Phi) is 7.20. The third-order valence-corrected chi connectivity index (χ3v) is 6.32. The molecule has 1 saturated heterocycles. The van der Waals surface area contributed by atoms with Gasteiger partial charge < -0.3 is 18.8 Å². The first-order valence-electron chi connectivity index (χ1n) is 10.7. The lowest BCUT2D eigenvalue weighted by atomic mass is 10.3. The lowest BCUT2D eigenvalue weighted by molar-refractivity contribution is 0.0325. The Labute approximate surface area is 200 Å². The SMILES string of the molecule is CC=CCCCN1CC(OC(=O)c2coc(Cl)c2)N(c2nc3cc(OCC)ccc3s2)C1=O. The molecule has 174 valence electrons. The summed E-state index contributed by atoms with van der Waals surface area (Å²) in [5.74, 6) is 0.0870. The van der Waals surface area contributed by atoms with Gasteiger partial charge in [0.05, 0.1) is 28.9 Å². The van der Waals surface area contributed by atoms with Crippen molar-refractivity contribution in [3.8, 4) is 5.75 Å². The van der Waals surface area contributed by atoms with Crippen molar-refractivity contribution in [2.45, 2.75) is 32.9 Å². The first kappa shape index (κ1) is 23.1. The summed E-state index contributed by atoms with van der Waals surface area (Å²) >= 11 is 7.14. The number of hydrogen-bond acceptors (Lipinski definition) is 7. The van der Waals surface area contributed by atoms with E-state index < -0.39 is 12.2 Å². The van der Waals surface area contributed by atoms with Gasteiger partial charge in [0.15, 0.2) is 10.4 Å². The maximum absolute atomic E-state index is 13.3. The lowest BCUT2D eigenvalue weighted by Gasteiger charge is -2.19. The first-order chi connectivity index (χ1) is 16.0. The molecule has 33 heavy (non-hydrogen) atoms. The van der Waals surface area contributed by atoms with Gasteiger partial charge in [-0.15, -0.1) is 0 Å². The summed E-state index contributed by atoms with van der Waals surface area (Å²) < 4.78 is 17.2. The van der Waals surface area contributed by atoms with Gasteiger partial charge in [-0.3, -0.25) is 0 Å². The Bertz CT molecular complexity index is 1170. The number of anilines is 1. The number of carbonyl (C=O) groups excluding carboxylic acids is 2. The number of ether oxygens (including phenoxy) is 2. The number of aromatic nitrogens is 1. The monoisotopic (exact) mass is 489 g/mol. The molecule has 0 N–H and O–H groups in total. The van der Waals surface area contributed by atoms with E-state index >= 15 is 0 Å². The van der Waals surface area contributed by atoms with Gasteiger partial charge in [0.2, 0.25) is 6.23 Å². The number of nitrogens with zero attached hydrogens (tertiary/aromatic N) is 3. The molecule has 0 radical (unpaired) electrons. The molecule has 1 fully saturated rings. The van der Waals surface area contributed by atoms with Gasteiger partial charge in [-0.05, 0) is 50.4 Å². The highest BCUT2D eigenvalue weighted by atomic mass is 35.5. The van der Waals surface area contributed by atoms with E-state index in [0.29, 0.717) is 29.5 Å². The van der Waals surface area contributed by atoms with Crippen LogP contribution in [0.1, 0.15) is 37.0 Å². The fraction of sp³-hybridized carbons (Fsp3) is 0.348. The minimum Gasteiger partial charge on any atom is -0.494 e. The van der Waals surface area contributed by atoms with E-state index in [2.05, 4.69) is 11.1 Å². The van der Waals surface area contributed by atoms with E-state index in [4.69, 9.17) is 25.5 Å². The van der Waals surface area contributed by atoms with E-state index in [-0.39, 0.29) is 23.4 Å². The maximum atomic E-state index is 13.3. The number of thiazole rings is 1. The van der Waals surface area contributed by atoms with Crippen LogP contribution in [0.25, 0.3) is 10.2 Å². The van der Waals surface area contributed by atoms with Crippen LogP contribution in [0.4, 0.5) is 9.93 Å². The number of amides is 2. The molecule has 2 amide bonds. The van der Waals surface area contributed by atoms with Crippen LogP contribution >= 0.6 is 22.9 Å². The number of hydrogen-bond donors (Lipinski definition) is 0. The molecule has 0 saturated carbocycles. The minimum atomic E-state index is -0.827. The van der Waals surface area contributed by atoms with Crippen LogP contribution in [0.5, 0.6) is 5.75 Å². The van der Waals surface area contributed by atoms with Crippen molar-refractivity contribution >= 4 is 50.3 Å². The third kappa shape index (κ3) is 5.15. The summed E-state index contributed by atoms with van der Waals surface area (Å²) in [7, 11) is 0. The first-order valence-corrected chi connectivity index (χ1v) is 11.9. The number of fused-ring (bicyclic) bond motifs is 1. The van der Waals surface area contributed by atoms with Crippen molar-refractivity contribution < 1.29 is 23.5 Å². The van der Waals surface area contributed by atoms with E-state index in [1.54, 1.807) is 4.90 Å². The van der Waals surface area contributed by atoms with Gasteiger partial charge in [0.25, 0.3) is 0 Å². The third-order valence-electron chi connectivity index (χ3n) is 5.09. The van der Waals surface area contributed by atoms with Crippen molar-refractivity contribution in [1.29, 1.82) is 0 Å². The second kappa shape index (κ2) is 10.3. The Hall–Kier alpha value is -3.04. The number of benzene rings is 1. The molecule has 10 heteroatoms. The largest absolute Gasteiger partial charge is 0.494 e. The summed E-state index contributed by atoms with van der Waals surface area (Å²) in [6.07, 6.45) is 6.11. The van der Waals surface area contributed by atoms with Crippen molar-refractivity contribution in [3.05, 3.63) is 53.5 Å². The molecule has 1 atom stereocenters. The molecule has 8 nitrogen and oxygen atoms in total. The van der Waals surface area contributed by atoms with E-state index in [1.165, 1.54) is 28.6 Å². The molecule has 4 rings (SSSR count). The zero-order chi connectivity index (χ0) is 23.4. The van der Waals surface area contributed by atoms with Crippen LogP contribution in [0, 0.1) is 0 Å². The predicted molar refractivity (Wildman–Crippen MR) is 127 cm³/mol. The number of halogens is 1. The number of furan rings is 1. The second-order valence-electron chi connectivity index (χ2n) is 7.37. The average Bonchev–Trinajstić information content (AvgIpc) is 3.48. The Morgan fingerprint density at radius 3 is 2.97 bits per heavy atom. The molecule has 1 aliphatic heterocycles. The van der Waals surface area contributed by atoms with Crippen molar-refractivity contribution in [1.82, 2.24) is 9.88 Å². The molecule has 3 aromatic rings. The molecular formula is C23H24ClN3O5S. The molecule has 0 spiro atoms. The highest BCUT2D eigenvalue weighted by Gasteiger charge is 2.42. The van der Waals surface area contributed by atoms with Crippen LogP contribution in [0.15, 0.2) is 47.1 Å². The Morgan fingerprint density at radius 1 is 1.39 bits per heavy atom. The molecular weight excluding hydrogens is 466 g/mol. The van der Waals surface area contributed by atoms with Crippen molar-refractivity contribution in [2.75, 3.05) is 24.6 Å². The zero-order valence-corrected chi connectivity index (χ0v) is 19.9. The highest BCUT2D eigenvalue weighted by molar-refractivity contribution is 7.22. The number of rotatable bonds is 9. The maximum Gasteiger partial charge on any atom is 0.343 e. The standard InChI is InChI=1S/C23H24ClN3O5S/c1-3-5-6-7-10-26-13-20(32-21(28)15-11-19(24)31-14-15)27(23(26)29)22-25-17-12-16(30-4-2)8-9-18(17)33-22/h3,5,8-9,11-12,14,20H,4,6-7,10,13H2,1-2H3. The van der Waals surface area contributed by atoms with E-state index in [9.17, 15) is 9.59 Å². The molecule has 0 aliphatic carbocycles. The lowest BCUT2D eigenvalue weighted by Crippen LogP contribution is -2.37. The van der Waals surface area contributed by atoms with Crippen LogP contribution in [-0.4, -0.2) is 47.8 Å². The van der Waals surface area contributed by atoms with Crippen LogP contribution in [0.3, 0.4) is 0 Å². The normalized spacial score (nSPS) is 16.3. The number of carbonyl (C=O) groups is 2. The van der Waals surface area contributed by atoms with Crippen LogP contribution in [0.2, 0.25) is 5.22 Å². The van der Waals surface area contributed by atoms with Gasteiger partial charge in [0, 0.05) is 18.7 Å². The van der Waals surface area contributed by atoms with Crippen LogP contribution < -0.4 is 9.64 Å². The smallest absolute Gasteiger partial charge is 0.343 e. The van der Waals surface area contributed by atoms with E-state index in [1.807, 2.05) is 38.1 Å². The zero-order valence-electron chi connectivity index (χ0n) is 18.3. The van der Waals surface area contributed by atoms with Gasteiger partial charge >= 0.3 is 12.0 Å². The number of esters is 1. The average molecular weight is 490 g/mol. The number of unbranched alkanes of at least 4 members (excludes halogenated alkanes) is 1.